The molecule has 1 unspecified atom stereocenters. The number of carbonyl (C=O) groups is 1. The molecule has 0 heterocycles. The van der Waals surface area contributed by atoms with E-state index in [2.05, 4.69) is 10.6 Å². The molecule has 0 aliphatic carbocycles. The number of hydrogen-bond acceptors (Lipinski definition) is 3. The van der Waals surface area contributed by atoms with Crippen LogP contribution in [0.25, 0.3) is 0 Å². The summed E-state index contributed by atoms with van der Waals surface area (Å²) in [4.78, 5) is 12.3. The van der Waals surface area contributed by atoms with Gasteiger partial charge in [-0.3, -0.25) is 0 Å². The minimum absolute atomic E-state index is 0.233. The van der Waals surface area contributed by atoms with Crippen molar-refractivity contribution in [1.29, 1.82) is 0 Å². The average Bonchev–Trinajstić information content (AvgIpc) is 2.45. The molecule has 2 N–H and O–H groups in total. The number of sulfone groups is 1. The summed E-state index contributed by atoms with van der Waals surface area (Å²) < 4.78 is 22.9. The Morgan fingerprint density at radius 3 is 2.08 bits per heavy atom. The fraction of sp³-hybridized carbons (Fsp3) is 0.188. The van der Waals surface area contributed by atoms with Crippen LogP contribution in [-0.4, -0.2) is 20.7 Å². The Hall–Kier alpha value is -1.76. The molecule has 0 bridgehead atoms. The van der Waals surface area contributed by atoms with Crippen LogP contribution in [0.4, 0.5) is 10.5 Å². The van der Waals surface area contributed by atoms with Gasteiger partial charge in [0.05, 0.1) is 10.9 Å². The van der Waals surface area contributed by atoms with Gasteiger partial charge >= 0.3 is 6.03 Å². The molecule has 0 radical (unpaired) electrons. The number of anilines is 1. The number of hydrogen-bond donors (Lipinski definition) is 2. The molecule has 0 spiro atoms. The van der Waals surface area contributed by atoms with Crippen molar-refractivity contribution in [3.8, 4) is 0 Å². The van der Waals surface area contributed by atoms with Gasteiger partial charge in [-0.1, -0.05) is 35.3 Å². The standard InChI is InChI=1S/C16H16Cl2N2O3S/c1-10(11-3-5-15(6-4-11)24(2,22)23)19-16(21)20-14-8-12(17)7-13(18)9-14/h3-10H,1-2H3,(H2,19,20,21). The highest BCUT2D eigenvalue weighted by atomic mass is 35.5. The number of rotatable bonds is 4. The molecule has 0 saturated carbocycles. The summed E-state index contributed by atoms with van der Waals surface area (Å²) in [7, 11) is -3.24. The van der Waals surface area contributed by atoms with Crippen LogP contribution in [0.15, 0.2) is 47.4 Å². The first kappa shape index (κ1) is 18.6. The molecule has 0 fully saturated rings. The highest BCUT2D eigenvalue weighted by molar-refractivity contribution is 7.90. The molecule has 2 amide bonds. The van der Waals surface area contributed by atoms with Crippen LogP contribution in [-0.2, 0) is 9.84 Å². The molecule has 5 nitrogen and oxygen atoms in total. The molecule has 8 heteroatoms. The Morgan fingerprint density at radius 2 is 1.58 bits per heavy atom. The number of halogens is 2. The normalized spacial score (nSPS) is 12.5. The summed E-state index contributed by atoms with van der Waals surface area (Å²) in [6.07, 6.45) is 1.15. The lowest BCUT2D eigenvalue weighted by Crippen LogP contribution is -2.31. The number of nitrogens with one attached hydrogen (secondary N) is 2. The molecule has 0 aromatic heterocycles. The van der Waals surface area contributed by atoms with Gasteiger partial charge in [-0.2, -0.15) is 0 Å². The number of urea groups is 1. The van der Waals surface area contributed by atoms with E-state index in [0.717, 1.165) is 11.8 Å². The molecule has 128 valence electrons. The first-order valence-electron chi connectivity index (χ1n) is 6.99. The van der Waals surface area contributed by atoms with Gasteiger partial charge < -0.3 is 10.6 Å². The third-order valence-corrected chi connectivity index (χ3v) is 4.84. The van der Waals surface area contributed by atoms with Gasteiger partial charge in [0.25, 0.3) is 0 Å². The van der Waals surface area contributed by atoms with Crippen LogP contribution < -0.4 is 10.6 Å². The second kappa shape index (κ2) is 7.42. The zero-order valence-electron chi connectivity index (χ0n) is 13.0. The monoisotopic (exact) mass is 386 g/mol. The van der Waals surface area contributed by atoms with E-state index < -0.39 is 15.9 Å². The van der Waals surface area contributed by atoms with Gasteiger partial charge in [-0.15, -0.1) is 0 Å². The Labute approximate surface area is 150 Å². The fourth-order valence-corrected chi connectivity index (χ4v) is 3.23. The highest BCUT2D eigenvalue weighted by Gasteiger charge is 2.12. The van der Waals surface area contributed by atoms with Gasteiger partial charge in [-0.05, 0) is 42.8 Å². The first-order chi connectivity index (χ1) is 11.1. The molecule has 2 aromatic carbocycles. The van der Waals surface area contributed by atoms with Crippen molar-refractivity contribution < 1.29 is 13.2 Å². The Kier molecular flexibility index (Phi) is 5.74. The summed E-state index contributed by atoms with van der Waals surface area (Å²) in [5.74, 6) is 0. The number of amides is 2. The number of carbonyl (C=O) groups excluding carboxylic acids is 1. The van der Waals surface area contributed by atoms with Gasteiger partial charge in [-0.25, -0.2) is 13.2 Å². The van der Waals surface area contributed by atoms with Crippen LogP contribution in [0, 0.1) is 0 Å². The van der Waals surface area contributed by atoms with E-state index in [1.54, 1.807) is 37.3 Å². The van der Waals surface area contributed by atoms with Crippen molar-refractivity contribution >= 4 is 44.8 Å². The Balaban J connectivity index is 2.03. The molecule has 0 saturated heterocycles. The predicted molar refractivity (Wildman–Crippen MR) is 96.6 cm³/mol. The molecule has 2 rings (SSSR count). The van der Waals surface area contributed by atoms with Gasteiger partial charge in [0.15, 0.2) is 9.84 Å². The maximum Gasteiger partial charge on any atom is 0.319 e. The van der Waals surface area contributed by atoms with Crippen molar-refractivity contribution in [1.82, 2.24) is 5.32 Å². The lowest BCUT2D eigenvalue weighted by atomic mass is 10.1. The molecule has 24 heavy (non-hydrogen) atoms. The van der Waals surface area contributed by atoms with Gasteiger partial charge in [0.2, 0.25) is 0 Å². The quantitative estimate of drug-likeness (QED) is 0.822. The van der Waals surface area contributed by atoms with Gasteiger partial charge in [0, 0.05) is 22.0 Å². The van der Waals surface area contributed by atoms with Crippen LogP contribution in [0.2, 0.25) is 10.0 Å². The minimum Gasteiger partial charge on any atom is -0.331 e. The summed E-state index contributed by atoms with van der Waals surface area (Å²) >= 11 is 11.8. The third kappa shape index (κ3) is 5.12. The van der Waals surface area contributed by atoms with Crippen molar-refractivity contribution in [2.24, 2.45) is 0 Å². The zero-order chi connectivity index (χ0) is 17.9. The van der Waals surface area contributed by atoms with E-state index in [1.165, 1.54) is 12.1 Å². The highest BCUT2D eigenvalue weighted by Crippen LogP contribution is 2.22. The molecular formula is C16H16Cl2N2O3S. The second-order valence-electron chi connectivity index (χ2n) is 5.32. The van der Waals surface area contributed by atoms with E-state index in [4.69, 9.17) is 23.2 Å². The van der Waals surface area contributed by atoms with Crippen LogP contribution >= 0.6 is 23.2 Å². The largest absolute Gasteiger partial charge is 0.331 e. The summed E-state index contributed by atoms with van der Waals surface area (Å²) in [6, 6.07) is 10.3. The minimum atomic E-state index is -3.24. The molecule has 2 aromatic rings. The smallest absolute Gasteiger partial charge is 0.319 e. The SMILES string of the molecule is CC(NC(=O)Nc1cc(Cl)cc(Cl)c1)c1ccc(S(C)(=O)=O)cc1. The Bertz CT molecular complexity index is 832. The van der Waals surface area contributed by atoms with Gasteiger partial charge in [0.1, 0.15) is 0 Å². The Morgan fingerprint density at radius 1 is 1.04 bits per heavy atom. The first-order valence-corrected chi connectivity index (χ1v) is 9.63. The fourth-order valence-electron chi connectivity index (χ4n) is 2.08. The van der Waals surface area contributed by atoms with Crippen molar-refractivity contribution in [2.45, 2.75) is 17.9 Å². The molecule has 0 aliphatic heterocycles. The van der Waals surface area contributed by atoms with E-state index in [-0.39, 0.29) is 10.9 Å². The zero-order valence-corrected chi connectivity index (χ0v) is 15.3. The average molecular weight is 387 g/mol. The number of benzene rings is 2. The summed E-state index contributed by atoms with van der Waals surface area (Å²) in [6.45, 7) is 1.79. The summed E-state index contributed by atoms with van der Waals surface area (Å²) in [5, 5.41) is 6.24. The topological polar surface area (TPSA) is 75.3 Å². The molecule has 1 atom stereocenters. The summed E-state index contributed by atoms with van der Waals surface area (Å²) in [5.41, 5.74) is 1.26. The van der Waals surface area contributed by atoms with E-state index in [1.807, 2.05) is 0 Å². The molecular weight excluding hydrogens is 371 g/mol. The van der Waals surface area contributed by atoms with Crippen molar-refractivity contribution in [2.75, 3.05) is 11.6 Å². The predicted octanol–water partition coefficient (Wildman–Crippen LogP) is 4.28. The van der Waals surface area contributed by atoms with E-state index in [0.29, 0.717) is 15.7 Å². The lowest BCUT2D eigenvalue weighted by Gasteiger charge is -2.15. The van der Waals surface area contributed by atoms with Crippen molar-refractivity contribution in [3.05, 3.63) is 58.1 Å². The molecule has 0 aliphatic rings. The maximum atomic E-state index is 12.0. The van der Waals surface area contributed by atoms with Crippen LogP contribution in [0.1, 0.15) is 18.5 Å². The maximum absolute atomic E-state index is 12.0. The van der Waals surface area contributed by atoms with Crippen LogP contribution in [0.5, 0.6) is 0 Å². The van der Waals surface area contributed by atoms with Crippen LogP contribution in [0.3, 0.4) is 0 Å². The van der Waals surface area contributed by atoms with E-state index in [9.17, 15) is 13.2 Å². The lowest BCUT2D eigenvalue weighted by molar-refractivity contribution is 0.249. The second-order valence-corrected chi connectivity index (χ2v) is 8.21. The van der Waals surface area contributed by atoms with Crippen molar-refractivity contribution in [3.63, 3.8) is 0 Å². The third-order valence-electron chi connectivity index (χ3n) is 3.28. The van der Waals surface area contributed by atoms with E-state index >= 15 is 0 Å².